The highest BCUT2D eigenvalue weighted by Gasteiger charge is 2.21. The van der Waals surface area contributed by atoms with E-state index in [9.17, 15) is 0 Å². The fraction of sp³-hybridized carbons (Fsp3) is 0.0962. The van der Waals surface area contributed by atoms with E-state index >= 15 is 0 Å². The number of nitrogens with zero attached hydrogens (tertiary/aromatic N) is 5. The largest absolute Gasteiger partial charge is 0.309 e. The number of aryl methyl sites for hydroxylation is 1. The van der Waals surface area contributed by atoms with Gasteiger partial charge in [0, 0.05) is 50.5 Å². The molecule has 5 heteroatoms. The lowest BCUT2D eigenvalue weighted by Crippen LogP contribution is -2.11. The molecule has 0 spiro atoms. The maximum Gasteiger partial charge on any atom is 0.0973 e. The van der Waals surface area contributed by atoms with Gasteiger partial charge in [0.05, 0.1) is 44.7 Å². The number of benzene rings is 7. The van der Waals surface area contributed by atoms with Crippen molar-refractivity contribution in [1.29, 1.82) is 0 Å². The summed E-state index contributed by atoms with van der Waals surface area (Å²) in [6.07, 6.45) is 1.87. The standard InChI is InChI=1S/C52H41N5/c1-34-19-29-46-42(32-34)43-33-38(52(2,3)4)22-30-47(43)57(46)41-27-25-40(26-28-41)56(48-18-10-14-35-15-11-31-53-49(35)48)39-23-20-37(21-24-39)51-50(36-12-6-5-7-13-36)54-44-16-8-9-17-45(44)55-51/h5-33H,1-4H3. The highest BCUT2D eigenvalue weighted by molar-refractivity contribution is 6.10. The predicted molar refractivity (Wildman–Crippen MR) is 238 cm³/mol. The first-order valence-corrected chi connectivity index (χ1v) is 19.5. The molecule has 0 aliphatic heterocycles. The number of hydrogen-bond donors (Lipinski definition) is 0. The number of hydrogen-bond acceptors (Lipinski definition) is 4. The molecule has 0 saturated heterocycles. The second-order valence-electron chi connectivity index (χ2n) is 15.9. The maximum absolute atomic E-state index is 5.16. The zero-order chi connectivity index (χ0) is 38.7. The SMILES string of the molecule is Cc1ccc2c(c1)c1cc(C(C)(C)C)ccc1n2-c1ccc(N(c2ccc(-c3nc4ccccc4nc3-c3ccccc3)cc2)c2cccc3cccnc23)cc1. The van der Waals surface area contributed by atoms with Gasteiger partial charge in [0.1, 0.15) is 0 Å². The third-order valence-corrected chi connectivity index (χ3v) is 11.0. The number of anilines is 3. The van der Waals surface area contributed by atoms with Gasteiger partial charge in [0.25, 0.3) is 0 Å². The fourth-order valence-electron chi connectivity index (χ4n) is 8.10. The van der Waals surface area contributed by atoms with Crippen LogP contribution in [0.25, 0.3) is 71.9 Å². The van der Waals surface area contributed by atoms with Gasteiger partial charge in [-0.05, 0) is 103 Å². The molecule has 274 valence electrons. The minimum atomic E-state index is 0.0548. The van der Waals surface area contributed by atoms with Crippen molar-refractivity contribution in [1.82, 2.24) is 19.5 Å². The molecule has 0 aliphatic rings. The van der Waals surface area contributed by atoms with E-state index in [1.54, 1.807) is 0 Å². The van der Waals surface area contributed by atoms with Gasteiger partial charge in [-0.1, -0.05) is 111 Å². The highest BCUT2D eigenvalue weighted by atomic mass is 15.1. The number of fused-ring (bicyclic) bond motifs is 5. The van der Waals surface area contributed by atoms with E-state index in [1.165, 1.54) is 32.9 Å². The van der Waals surface area contributed by atoms with Crippen LogP contribution in [0.2, 0.25) is 0 Å². The van der Waals surface area contributed by atoms with Crippen molar-refractivity contribution in [3.8, 4) is 28.2 Å². The topological polar surface area (TPSA) is 46.8 Å². The smallest absolute Gasteiger partial charge is 0.0973 e. The quantitative estimate of drug-likeness (QED) is 0.171. The van der Waals surface area contributed by atoms with Gasteiger partial charge in [0.2, 0.25) is 0 Å². The lowest BCUT2D eigenvalue weighted by molar-refractivity contribution is 0.591. The Labute approximate surface area is 332 Å². The monoisotopic (exact) mass is 735 g/mol. The van der Waals surface area contributed by atoms with Crippen LogP contribution >= 0.6 is 0 Å². The van der Waals surface area contributed by atoms with Crippen LogP contribution in [0.5, 0.6) is 0 Å². The Morgan fingerprint density at radius 1 is 0.526 bits per heavy atom. The summed E-state index contributed by atoms with van der Waals surface area (Å²) in [6, 6.07) is 60.2. The number of aromatic nitrogens is 4. The van der Waals surface area contributed by atoms with Crippen molar-refractivity contribution in [2.75, 3.05) is 4.90 Å². The molecule has 3 heterocycles. The Bertz CT molecular complexity index is 3100. The van der Waals surface area contributed by atoms with E-state index in [4.69, 9.17) is 15.0 Å². The molecule has 0 N–H and O–H groups in total. The van der Waals surface area contributed by atoms with Crippen molar-refractivity contribution >= 4 is 60.8 Å². The van der Waals surface area contributed by atoms with Crippen LogP contribution in [0.1, 0.15) is 31.9 Å². The van der Waals surface area contributed by atoms with E-state index in [0.717, 1.165) is 67.2 Å². The Hall–Kier alpha value is -7.11. The highest BCUT2D eigenvalue weighted by Crippen LogP contribution is 2.41. The first-order valence-electron chi connectivity index (χ1n) is 19.5. The molecule has 10 aromatic rings. The number of pyridine rings is 1. The molecule has 10 rings (SSSR count). The summed E-state index contributed by atoms with van der Waals surface area (Å²) < 4.78 is 2.40. The number of para-hydroxylation sites is 3. The minimum absolute atomic E-state index is 0.0548. The maximum atomic E-state index is 5.16. The van der Waals surface area contributed by atoms with Crippen molar-refractivity contribution < 1.29 is 0 Å². The second kappa shape index (κ2) is 13.6. The van der Waals surface area contributed by atoms with Crippen LogP contribution in [-0.2, 0) is 5.41 Å². The van der Waals surface area contributed by atoms with Crippen LogP contribution in [-0.4, -0.2) is 19.5 Å². The Morgan fingerprint density at radius 3 is 1.81 bits per heavy atom. The molecular formula is C52H41N5. The first-order chi connectivity index (χ1) is 27.8. The molecule has 0 atom stereocenters. The molecule has 0 saturated carbocycles. The van der Waals surface area contributed by atoms with Crippen molar-refractivity contribution in [2.45, 2.75) is 33.1 Å². The van der Waals surface area contributed by atoms with E-state index in [0.29, 0.717) is 0 Å². The van der Waals surface area contributed by atoms with Crippen LogP contribution in [0.15, 0.2) is 176 Å². The van der Waals surface area contributed by atoms with E-state index in [1.807, 2.05) is 54.7 Å². The summed E-state index contributed by atoms with van der Waals surface area (Å²) in [6.45, 7) is 9.01. The molecule has 5 nitrogen and oxygen atoms in total. The van der Waals surface area contributed by atoms with Crippen LogP contribution < -0.4 is 4.90 Å². The molecule has 0 aliphatic carbocycles. The molecule has 0 unspecified atom stereocenters. The summed E-state index contributed by atoms with van der Waals surface area (Å²) in [7, 11) is 0. The summed E-state index contributed by atoms with van der Waals surface area (Å²) in [5.41, 5.74) is 15.6. The summed E-state index contributed by atoms with van der Waals surface area (Å²) in [5.74, 6) is 0. The zero-order valence-corrected chi connectivity index (χ0v) is 32.5. The molecule has 0 fully saturated rings. The van der Waals surface area contributed by atoms with Gasteiger partial charge in [-0.3, -0.25) is 4.98 Å². The summed E-state index contributed by atoms with van der Waals surface area (Å²) in [5, 5.41) is 3.64. The molecule has 3 aromatic heterocycles. The van der Waals surface area contributed by atoms with Crippen molar-refractivity contribution in [3.63, 3.8) is 0 Å². The third-order valence-electron chi connectivity index (χ3n) is 11.0. The lowest BCUT2D eigenvalue weighted by atomic mass is 9.86. The molecule has 0 radical (unpaired) electrons. The van der Waals surface area contributed by atoms with E-state index in [2.05, 4.69) is 158 Å². The Balaban J connectivity index is 1.11. The minimum Gasteiger partial charge on any atom is -0.309 e. The predicted octanol–water partition coefficient (Wildman–Crippen LogP) is 13.7. The van der Waals surface area contributed by atoms with Gasteiger partial charge in [-0.2, -0.15) is 0 Å². The lowest BCUT2D eigenvalue weighted by Gasteiger charge is -2.27. The van der Waals surface area contributed by atoms with Crippen molar-refractivity contribution in [2.24, 2.45) is 0 Å². The van der Waals surface area contributed by atoms with Crippen LogP contribution in [0.3, 0.4) is 0 Å². The normalized spacial score (nSPS) is 11.9. The summed E-state index contributed by atoms with van der Waals surface area (Å²) >= 11 is 0. The van der Waals surface area contributed by atoms with Gasteiger partial charge < -0.3 is 9.47 Å². The second-order valence-corrected chi connectivity index (χ2v) is 15.9. The molecule has 7 aromatic carbocycles. The molecule has 0 amide bonds. The third kappa shape index (κ3) is 6.09. The van der Waals surface area contributed by atoms with Crippen LogP contribution in [0.4, 0.5) is 17.1 Å². The molecular weight excluding hydrogens is 695 g/mol. The van der Waals surface area contributed by atoms with Gasteiger partial charge in [-0.15, -0.1) is 0 Å². The van der Waals surface area contributed by atoms with Gasteiger partial charge in [-0.25, -0.2) is 9.97 Å². The zero-order valence-electron chi connectivity index (χ0n) is 32.5. The Morgan fingerprint density at radius 2 is 1.12 bits per heavy atom. The van der Waals surface area contributed by atoms with E-state index < -0.39 is 0 Å². The molecule has 0 bridgehead atoms. The fourth-order valence-corrected chi connectivity index (χ4v) is 8.10. The first kappa shape index (κ1) is 34.4. The van der Waals surface area contributed by atoms with Gasteiger partial charge >= 0.3 is 0 Å². The number of rotatable bonds is 6. The van der Waals surface area contributed by atoms with E-state index in [-0.39, 0.29) is 5.41 Å². The summed E-state index contributed by atoms with van der Waals surface area (Å²) in [4.78, 5) is 17.5. The van der Waals surface area contributed by atoms with Gasteiger partial charge in [0.15, 0.2) is 0 Å². The average Bonchev–Trinajstić information content (AvgIpc) is 3.56. The Kier molecular flexibility index (Phi) is 8.19. The average molecular weight is 736 g/mol. The van der Waals surface area contributed by atoms with Crippen LogP contribution in [0, 0.1) is 6.92 Å². The van der Waals surface area contributed by atoms with Crippen molar-refractivity contribution in [3.05, 3.63) is 187 Å². The molecule has 57 heavy (non-hydrogen) atoms.